The van der Waals surface area contributed by atoms with Crippen LogP contribution in [0.5, 0.6) is 0 Å². The second kappa shape index (κ2) is 10.6. The van der Waals surface area contributed by atoms with Crippen LogP contribution < -0.4 is 10.6 Å². The zero-order valence-electron chi connectivity index (χ0n) is 19.8. The average Bonchev–Trinajstić information content (AvgIpc) is 3.30. The highest BCUT2D eigenvalue weighted by molar-refractivity contribution is 5.91. The molecule has 2 unspecified atom stereocenters. The lowest BCUT2D eigenvalue weighted by Crippen LogP contribution is -2.52. The zero-order chi connectivity index (χ0) is 23.2. The molecule has 0 spiro atoms. The van der Waals surface area contributed by atoms with Crippen LogP contribution in [0.25, 0.3) is 10.9 Å². The maximum Gasteiger partial charge on any atom is 0.153 e. The average molecular weight is 447 g/mol. The van der Waals surface area contributed by atoms with Gasteiger partial charge in [0.2, 0.25) is 0 Å². The van der Waals surface area contributed by atoms with Crippen molar-refractivity contribution in [3.8, 4) is 6.07 Å². The van der Waals surface area contributed by atoms with Gasteiger partial charge in [0.25, 0.3) is 0 Å². The molecular weight excluding hydrogens is 412 g/mol. The van der Waals surface area contributed by atoms with Gasteiger partial charge in [-0.15, -0.1) is 0 Å². The molecule has 33 heavy (non-hydrogen) atoms. The molecular formula is C25H34N8. The van der Waals surface area contributed by atoms with Crippen molar-refractivity contribution in [1.82, 2.24) is 25.1 Å². The van der Waals surface area contributed by atoms with E-state index in [1.54, 1.807) is 0 Å². The van der Waals surface area contributed by atoms with Crippen molar-refractivity contribution in [2.45, 2.75) is 77.4 Å². The molecule has 0 aliphatic carbocycles. The van der Waals surface area contributed by atoms with Gasteiger partial charge in [0.15, 0.2) is 5.82 Å². The van der Waals surface area contributed by atoms with E-state index in [-0.39, 0.29) is 0 Å². The number of nitrogens with zero attached hydrogens (tertiary/aromatic N) is 5. The number of H-pyrrole nitrogens is 1. The Hall–Kier alpha value is -3.18. The number of aryl methyl sites for hydroxylation is 1. The van der Waals surface area contributed by atoms with E-state index in [4.69, 9.17) is 10.2 Å². The number of anilines is 3. The van der Waals surface area contributed by atoms with Crippen LogP contribution in [0, 0.1) is 11.3 Å². The lowest BCUT2D eigenvalue weighted by atomic mass is 9.88. The van der Waals surface area contributed by atoms with Crippen LogP contribution in [-0.2, 0) is 6.42 Å². The first-order chi connectivity index (χ1) is 16.1. The Labute approximate surface area is 195 Å². The molecule has 0 bridgehead atoms. The molecule has 0 aromatic carbocycles. The summed E-state index contributed by atoms with van der Waals surface area (Å²) in [5.74, 6) is 2.33. The maximum atomic E-state index is 9.09. The summed E-state index contributed by atoms with van der Waals surface area (Å²) in [5.41, 5.74) is 1.98. The van der Waals surface area contributed by atoms with Crippen LogP contribution in [-0.4, -0.2) is 49.7 Å². The maximum absolute atomic E-state index is 9.09. The lowest BCUT2D eigenvalue weighted by Gasteiger charge is -2.45. The molecule has 0 radical (unpaired) electrons. The molecule has 1 aliphatic heterocycles. The van der Waals surface area contributed by atoms with E-state index in [0.717, 1.165) is 72.7 Å². The molecule has 2 atom stereocenters. The first-order valence-electron chi connectivity index (χ1n) is 12.1. The molecule has 174 valence electrons. The van der Waals surface area contributed by atoms with Crippen molar-refractivity contribution >= 4 is 28.4 Å². The summed E-state index contributed by atoms with van der Waals surface area (Å²) in [5, 5.41) is 24.6. The number of likely N-dealkylation sites (tertiary alicyclic amines) is 1. The van der Waals surface area contributed by atoms with Crippen LogP contribution in [0.1, 0.15) is 58.6 Å². The number of hydrogen-bond donors (Lipinski definition) is 3. The predicted molar refractivity (Wildman–Crippen MR) is 133 cm³/mol. The van der Waals surface area contributed by atoms with Crippen LogP contribution >= 0.6 is 0 Å². The quantitative estimate of drug-likeness (QED) is 0.424. The predicted octanol–water partition coefficient (Wildman–Crippen LogP) is 5.01. The van der Waals surface area contributed by atoms with Crippen molar-refractivity contribution in [2.75, 3.05) is 17.2 Å². The van der Waals surface area contributed by atoms with Gasteiger partial charge in [-0.3, -0.25) is 15.0 Å². The first kappa shape index (κ1) is 23.0. The van der Waals surface area contributed by atoms with E-state index in [0.29, 0.717) is 24.5 Å². The van der Waals surface area contributed by atoms with Crippen molar-refractivity contribution in [3.63, 3.8) is 0 Å². The number of fused-ring (bicyclic) bond motifs is 1. The number of pyridine rings is 2. The number of piperidine rings is 1. The van der Waals surface area contributed by atoms with Crippen LogP contribution in [0.4, 0.5) is 17.5 Å². The molecule has 0 saturated carbocycles. The standard InChI is InChI=1S/C25H34N8/c1-4-17-15-24(32-31-17)29-23-16-22-21(9-7-11-27-22)25(30-23)28-18-13-19(5-2)33(12-8-10-26)20(6-3)14-18/h7,9,11,15-16,18-20H,4-6,8,12-14H2,1-3H3,(H3,28,29,30,31,32). The third-order valence-corrected chi connectivity index (χ3v) is 6.68. The largest absolute Gasteiger partial charge is 0.367 e. The topological polar surface area (TPSA) is 106 Å². The van der Waals surface area contributed by atoms with Gasteiger partial charge in [-0.25, -0.2) is 4.98 Å². The Morgan fingerprint density at radius 3 is 2.61 bits per heavy atom. The molecule has 3 aromatic heterocycles. The summed E-state index contributed by atoms with van der Waals surface area (Å²) >= 11 is 0. The van der Waals surface area contributed by atoms with Crippen molar-refractivity contribution in [1.29, 1.82) is 5.26 Å². The van der Waals surface area contributed by atoms with Gasteiger partial charge in [-0.2, -0.15) is 10.4 Å². The monoisotopic (exact) mass is 446 g/mol. The number of aromatic nitrogens is 4. The summed E-state index contributed by atoms with van der Waals surface area (Å²) in [6.45, 7) is 7.44. The number of nitriles is 1. The minimum absolute atomic E-state index is 0.321. The van der Waals surface area contributed by atoms with E-state index in [1.807, 2.05) is 24.4 Å². The van der Waals surface area contributed by atoms with Crippen molar-refractivity contribution < 1.29 is 0 Å². The van der Waals surface area contributed by atoms with E-state index in [2.05, 4.69) is 63.6 Å². The SMILES string of the molecule is CCc1cc(Nc2cc3ncccc3c(NC3CC(CC)N(CCC#N)C(CC)C3)n2)n[nH]1. The summed E-state index contributed by atoms with van der Waals surface area (Å²) in [6.07, 6.45) is 7.54. The molecule has 8 heteroatoms. The van der Waals surface area contributed by atoms with E-state index in [1.165, 1.54) is 0 Å². The van der Waals surface area contributed by atoms with Gasteiger partial charge in [-0.05, 0) is 44.2 Å². The van der Waals surface area contributed by atoms with E-state index in [9.17, 15) is 0 Å². The van der Waals surface area contributed by atoms with Gasteiger partial charge >= 0.3 is 0 Å². The number of aromatic amines is 1. The third-order valence-electron chi connectivity index (χ3n) is 6.68. The molecule has 1 aliphatic rings. The number of rotatable bonds is 9. The highest BCUT2D eigenvalue weighted by Crippen LogP contribution is 2.31. The molecule has 0 amide bonds. The molecule has 1 saturated heterocycles. The Morgan fingerprint density at radius 2 is 1.94 bits per heavy atom. The fourth-order valence-corrected chi connectivity index (χ4v) is 4.97. The molecule has 4 rings (SSSR count). The lowest BCUT2D eigenvalue weighted by molar-refractivity contribution is 0.0735. The zero-order valence-corrected chi connectivity index (χ0v) is 19.8. The van der Waals surface area contributed by atoms with Gasteiger partial charge in [-0.1, -0.05) is 20.8 Å². The molecule has 1 fully saturated rings. The minimum atomic E-state index is 0.321. The fourth-order valence-electron chi connectivity index (χ4n) is 4.97. The second-order valence-electron chi connectivity index (χ2n) is 8.77. The Balaban J connectivity index is 1.59. The Morgan fingerprint density at radius 1 is 1.15 bits per heavy atom. The first-order valence-corrected chi connectivity index (χ1v) is 12.1. The van der Waals surface area contributed by atoms with Crippen LogP contribution in [0.3, 0.4) is 0 Å². The molecule has 3 N–H and O–H groups in total. The Bertz CT molecular complexity index is 1090. The molecule has 3 aromatic rings. The number of hydrogen-bond acceptors (Lipinski definition) is 7. The molecule has 8 nitrogen and oxygen atoms in total. The minimum Gasteiger partial charge on any atom is -0.367 e. The van der Waals surface area contributed by atoms with Crippen molar-refractivity contribution in [2.24, 2.45) is 0 Å². The normalized spacial score (nSPS) is 21.1. The number of nitrogens with one attached hydrogen (secondary N) is 3. The highest BCUT2D eigenvalue weighted by Gasteiger charge is 2.33. The van der Waals surface area contributed by atoms with Gasteiger partial charge in [0.05, 0.1) is 11.6 Å². The van der Waals surface area contributed by atoms with Gasteiger partial charge in [0, 0.05) is 60.5 Å². The summed E-state index contributed by atoms with van der Waals surface area (Å²) in [7, 11) is 0. The Kier molecular flexibility index (Phi) is 7.40. The van der Waals surface area contributed by atoms with Crippen LogP contribution in [0.15, 0.2) is 30.5 Å². The van der Waals surface area contributed by atoms with Gasteiger partial charge < -0.3 is 10.6 Å². The summed E-state index contributed by atoms with van der Waals surface area (Å²) in [4.78, 5) is 12.1. The highest BCUT2D eigenvalue weighted by atomic mass is 15.2. The van der Waals surface area contributed by atoms with E-state index >= 15 is 0 Å². The third kappa shape index (κ3) is 5.25. The smallest absolute Gasteiger partial charge is 0.153 e. The van der Waals surface area contributed by atoms with Crippen LogP contribution in [0.2, 0.25) is 0 Å². The second-order valence-corrected chi connectivity index (χ2v) is 8.77. The van der Waals surface area contributed by atoms with Gasteiger partial charge in [0.1, 0.15) is 11.6 Å². The van der Waals surface area contributed by atoms with Crippen molar-refractivity contribution in [3.05, 3.63) is 36.2 Å². The van der Waals surface area contributed by atoms with E-state index < -0.39 is 0 Å². The summed E-state index contributed by atoms with van der Waals surface area (Å²) < 4.78 is 0. The summed E-state index contributed by atoms with van der Waals surface area (Å²) in [6, 6.07) is 11.6. The molecule has 4 heterocycles. The fraction of sp³-hybridized carbons (Fsp3) is 0.520.